The number of furan rings is 1. The molecule has 1 atom stereocenters. The van der Waals surface area contributed by atoms with Gasteiger partial charge in [0.1, 0.15) is 11.5 Å². The average molecular weight is 331 g/mol. The Morgan fingerprint density at radius 1 is 1.08 bits per heavy atom. The van der Waals surface area contributed by atoms with Gasteiger partial charge in [0.2, 0.25) is 0 Å². The van der Waals surface area contributed by atoms with E-state index in [0.29, 0.717) is 0 Å². The fraction of sp³-hybridized carbons (Fsp3) is 0.500. The van der Waals surface area contributed by atoms with E-state index in [4.69, 9.17) is 9.15 Å². The lowest BCUT2D eigenvalue weighted by Gasteiger charge is -2.05. The molecular formula is C20H29NO3. The molecule has 0 radical (unpaired) electrons. The third-order valence-electron chi connectivity index (χ3n) is 3.92. The molecule has 0 aliphatic rings. The molecule has 1 aromatic carbocycles. The van der Waals surface area contributed by atoms with Crippen molar-refractivity contribution in [3.8, 4) is 11.3 Å². The Labute approximate surface area is 144 Å². The van der Waals surface area contributed by atoms with Gasteiger partial charge in [0, 0.05) is 18.8 Å². The van der Waals surface area contributed by atoms with Gasteiger partial charge in [-0.25, -0.2) is 0 Å². The van der Waals surface area contributed by atoms with E-state index < -0.39 is 6.10 Å². The van der Waals surface area contributed by atoms with Gasteiger partial charge >= 0.3 is 0 Å². The largest absolute Gasteiger partial charge is 0.460 e. The number of unbranched alkanes of at least 4 members (excludes halogenated alkanes) is 1. The van der Waals surface area contributed by atoms with Crippen LogP contribution in [0.2, 0.25) is 0 Å². The van der Waals surface area contributed by atoms with E-state index in [2.05, 4.69) is 12.2 Å². The first kappa shape index (κ1) is 18.7. The van der Waals surface area contributed by atoms with Crippen molar-refractivity contribution in [2.45, 2.75) is 45.8 Å². The second kappa shape index (κ2) is 10.3. The molecule has 132 valence electrons. The Morgan fingerprint density at radius 3 is 2.54 bits per heavy atom. The lowest BCUT2D eigenvalue weighted by molar-refractivity contribution is 0.128. The van der Waals surface area contributed by atoms with Crippen molar-refractivity contribution < 1.29 is 14.3 Å². The van der Waals surface area contributed by atoms with E-state index in [-0.39, 0.29) is 0 Å². The minimum absolute atomic E-state index is 0.443. The molecule has 2 aromatic rings. The van der Waals surface area contributed by atoms with Crippen LogP contribution >= 0.6 is 0 Å². The summed E-state index contributed by atoms with van der Waals surface area (Å²) in [6.07, 6.45) is 2.89. The van der Waals surface area contributed by atoms with Crippen LogP contribution < -0.4 is 5.32 Å². The van der Waals surface area contributed by atoms with E-state index in [1.807, 2.05) is 36.4 Å². The van der Waals surface area contributed by atoms with Crippen molar-refractivity contribution in [2.75, 3.05) is 19.8 Å². The number of aliphatic hydroxyl groups is 1. The normalized spacial score (nSPS) is 12.5. The smallest absolute Gasteiger partial charge is 0.134 e. The predicted molar refractivity (Wildman–Crippen MR) is 96.8 cm³/mol. The van der Waals surface area contributed by atoms with Gasteiger partial charge in [-0.05, 0) is 44.0 Å². The van der Waals surface area contributed by atoms with E-state index in [1.165, 1.54) is 6.42 Å². The van der Waals surface area contributed by atoms with E-state index in [9.17, 15) is 5.11 Å². The standard InChI is InChI=1S/C20H29NO3/c1-3-4-13-23-14-5-12-21-15-19-10-11-20(24-19)18-8-6-17(7-9-18)16(2)22/h6-11,16,21-22H,3-5,12-15H2,1-2H3/t16-/m0/s1. The fourth-order valence-electron chi connectivity index (χ4n) is 2.41. The van der Waals surface area contributed by atoms with Crippen LogP contribution in [0.15, 0.2) is 40.8 Å². The molecule has 1 aromatic heterocycles. The summed E-state index contributed by atoms with van der Waals surface area (Å²) in [6, 6.07) is 11.8. The maximum atomic E-state index is 9.55. The van der Waals surface area contributed by atoms with Crippen molar-refractivity contribution in [1.29, 1.82) is 0 Å². The molecule has 0 saturated heterocycles. The van der Waals surface area contributed by atoms with E-state index in [1.54, 1.807) is 6.92 Å². The number of benzene rings is 1. The van der Waals surface area contributed by atoms with Crippen LogP contribution in [0.5, 0.6) is 0 Å². The Hall–Kier alpha value is -1.62. The van der Waals surface area contributed by atoms with Crippen LogP contribution in [0.1, 0.15) is 50.5 Å². The number of nitrogens with one attached hydrogen (secondary N) is 1. The number of ether oxygens (including phenoxy) is 1. The summed E-state index contributed by atoms with van der Waals surface area (Å²) in [5, 5.41) is 12.9. The topological polar surface area (TPSA) is 54.6 Å². The van der Waals surface area contributed by atoms with Gasteiger partial charge in [0.25, 0.3) is 0 Å². The summed E-state index contributed by atoms with van der Waals surface area (Å²) in [5.41, 5.74) is 1.93. The SMILES string of the molecule is CCCCOCCCNCc1ccc(-c2ccc([C@H](C)O)cc2)o1. The molecule has 24 heavy (non-hydrogen) atoms. The van der Waals surface area contributed by atoms with Gasteiger partial charge in [-0.2, -0.15) is 0 Å². The van der Waals surface area contributed by atoms with Gasteiger partial charge in [-0.3, -0.25) is 0 Å². The van der Waals surface area contributed by atoms with E-state index >= 15 is 0 Å². The maximum absolute atomic E-state index is 9.55. The van der Waals surface area contributed by atoms with Crippen molar-refractivity contribution in [3.05, 3.63) is 47.7 Å². The highest BCUT2D eigenvalue weighted by Gasteiger charge is 2.06. The fourth-order valence-corrected chi connectivity index (χ4v) is 2.41. The Balaban J connectivity index is 1.71. The Bertz CT molecular complexity index is 575. The Morgan fingerprint density at radius 2 is 1.83 bits per heavy atom. The van der Waals surface area contributed by atoms with Gasteiger partial charge in [-0.15, -0.1) is 0 Å². The highest BCUT2D eigenvalue weighted by Crippen LogP contribution is 2.24. The second-order valence-corrected chi connectivity index (χ2v) is 6.06. The lowest BCUT2D eigenvalue weighted by atomic mass is 10.1. The molecular weight excluding hydrogens is 302 g/mol. The van der Waals surface area contributed by atoms with Crippen LogP contribution in [0, 0.1) is 0 Å². The molecule has 2 N–H and O–H groups in total. The summed E-state index contributed by atoms with van der Waals surface area (Å²) in [6.45, 7) is 7.26. The van der Waals surface area contributed by atoms with Gasteiger partial charge in [0.05, 0.1) is 12.6 Å². The first-order valence-electron chi connectivity index (χ1n) is 8.86. The Kier molecular flexibility index (Phi) is 8.02. The zero-order valence-electron chi connectivity index (χ0n) is 14.8. The quantitative estimate of drug-likeness (QED) is 0.603. The molecule has 0 aliphatic carbocycles. The highest BCUT2D eigenvalue weighted by molar-refractivity contribution is 5.58. The number of rotatable bonds is 11. The minimum atomic E-state index is -0.443. The predicted octanol–water partition coefficient (Wildman–Crippen LogP) is 4.30. The van der Waals surface area contributed by atoms with Crippen LogP contribution in [-0.2, 0) is 11.3 Å². The van der Waals surface area contributed by atoms with Crippen LogP contribution in [0.3, 0.4) is 0 Å². The number of hydrogen-bond donors (Lipinski definition) is 2. The average Bonchev–Trinajstić information content (AvgIpc) is 3.06. The van der Waals surface area contributed by atoms with Crippen LogP contribution in [0.4, 0.5) is 0 Å². The highest BCUT2D eigenvalue weighted by atomic mass is 16.5. The lowest BCUT2D eigenvalue weighted by Crippen LogP contribution is -2.16. The van der Waals surface area contributed by atoms with Gasteiger partial charge in [-0.1, -0.05) is 37.6 Å². The molecule has 0 bridgehead atoms. The summed E-state index contributed by atoms with van der Waals surface area (Å²) in [5.74, 6) is 1.78. The molecule has 0 fully saturated rings. The first-order valence-corrected chi connectivity index (χ1v) is 8.86. The van der Waals surface area contributed by atoms with Crippen molar-refractivity contribution in [3.63, 3.8) is 0 Å². The zero-order valence-corrected chi connectivity index (χ0v) is 14.8. The van der Waals surface area contributed by atoms with Gasteiger partial charge < -0.3 is 19.6 Å². The molecule has 0 amide bonds. The molecule has 0 saturated carbocycles. The summed E-state index contributed by atoms with van der Waals surface area (Å²) >= 11 is 0. The van der Waals surface area contributed by atoms with Gasteiger partial charge in [0.15, 0.2) is 0 Å². The minimum Gasteiger partial charge on any atom is -0.460 e. The number of aliphatic hydroxyl groups excluding tert-OH is 1. The van der Waals surface area contributed by atoms with Crippen molar-refractivity contribution in [1.82, 2.24) is 5.32 Å². The first-order chi connectivity index (χ1) is 11.7. The molecule has 4 heteroatoms. The number of hydrogen-bond acceptors (Lipinski definition) is 4. The van der Waals surface area contributed by atoms with Crippen molar-refractivity contribution in [2.24, 2.45) is 0 Å². The molecule has 0 aliphatic heterocycles. The van der Waals surface area contributed by atoms with E-state index in [0.717, 1.165) is 61.8 Å². The maximum Gasteiger partial charge on any atom is 0.134 e. The van der Waals surface area contributed by atoms with Crippen LogP contribution in [-0.4, -0.2) is 24.9 Å². The summed E-state index contributed by atoms with van der Waals surface area (Å²) < 4.78 is 11.4. The van der Waals surface area contributed by atoms with Crippen LogP contribution in [0.25, 0.3) is 11.3 Å². The molecule has 0 spiro atoms. The molecule has 1 heterocycles. The third kappa shape index (κ3) is 6.11. The molecule has 0 unspecified atom stereocenters. The summed E-state index contributed by atoms with van der Waals surface area (Å²) in [7, 11) is 0. The molecule has 2 rings (SSSR count). The monoisotopic (exact) mass is 331 g/mol. The zero-order chi connectivity index (χ0) is 17.2. The second-order valence-electron chi connectivity index (χ2n) is 6.06. The third-order valence-corrected chi connectivity index (χ3v) is 3.92. The molecule has 4 nitrogen and oxygen atoms in total. The summed E-state index contributed by atoms with van der Waals surface area (Å²) in [4.78, 5) is 0. The van der Waals surface area contributed by atoms with Crippen molar-refractivity contribution >= 4 is 0 Å².